The predicted octanol–water partition coefficient (Wildman–Crippen LogP) is 13.1. The molecule has 7 nitrogen and oxygen atoms in total. The predicted molar refractivity (Wildman–Crippen MR) is 232 cm³/mol. The maximum absolute atomic E-state index is 6.78. The Morgan fingerprint density at radius 3 is 1.64 bits per heavy atom. The van der Waals surface area contributed by atoms with Gasteiger partial charge < -0.3 is 8.83 Å². The summed E-state index contributed by atoms with van der Waals surface area (Å²) in [6.45, 7) is 4.22. The molecule has 0 spiro atoms. The highest BCUT2D eigenvalue weighted by molar-refractivity contribution is 6.10. The van der Waals surface area contributed by atoms with Gasteiger partial charge >= 0.3 is 0 Å². The van der Waals surface area contributed by atoms with Crippen molar-refractivity contribution >= 4 is 43.9 Å². The molecular weight excluding hydrogens is 715 g/mol. The van der Waals surface area contributed by atoms with E-state index in [0.717, 1.165) is 94.2 Å². The van der Waals surface area contributed by atoms with Crippen molar-refractivity contribution in [3.8, 4) is 68.1 Å². The van der Waals surface area contributed by atoms with Crippen molar-refractivity contribution < 1.29 is 8.83 Å². The normalized spacial score (nSPS) is 11.6. The lowest BCUT2D eigenvalue weighted by Gasteiger charge is -2.15. The van der Waals surface area contributed by atoms with Crippen LogP contribution >= 0.6 is 0 Å². The molecule has 0 saturated carbocycles. The van der Waals surface area contributed by atoms with Crippen LogP contribution in [0, 0.1) is 13.8 Å². The first kappa shape index (κ1) is 33.6. The Labute approximate surface area is 333 Å². The zero-order chi connectivity index (χ0) is 38.7. The van der Waals surface area contributed by atoms with E-state index in [1.807, 2.05) is 97.1 Å². The van der Waals surface area contributed by atoms with Gasteiger partial charge in [0.15, 0.2) is 23.3 Å². The zero-order valence-corrected chi connectivity index (χ0v) is 31.6. The molecule has 0 radical (unpaired) electrons. The van der Waals surface area contributed by atoms with E-state index in [-0.39, 0.29) is 0 Å². The minimum absolute atomic E-state index is 0.510. The second kappa shape index (κ2) is 13.5. The molecule has 58 heavy (non-hydrogen) atoms. The smallest absolute Gasteiger partial charge is 0.167 e. The van der Waals surface area contributed by atoms with Crippen LogP contribution in [-0.4, -0.2) is 24.9 Å². The SMILES string of the molecule is Cc1ccccc1-c1nc(-c2ccc3c(c2)oc2c(-c4nc(-c5ccccc5)nc(-c5ccc6c(c5)oc5ccccc56)n4)cccc23)nc(-c2ccccc2)c1C. The first-order valence-electron chi connectivity index (χ1n) is 19.2. The number of hydrogen-bond acceptors (Lipinski definition) is 7. The van der Waals surface area contributed by atoms with Gasteiger partial charge in [0.1, 0.15) is 22.3 Å². The van der Waals surface area contributed by atoms with Crippen molar-refractivity contribution in [2.75, 3.05) is 0 Å². The van der Waals surface area contributed by atoms with E-state index >= 15 is 0 Å². The van der Waals surface area contributed by atoms with Crippen LogP contribution in [-0.2, 0) is 0 Å². The van der Waals surface area contributed by atoms with Crippen molar-refractivity contribution in [1.29, 1.82) is 0 Å². The fraction of sp³-hybridized carbons (Fsp3) is 0.0392. The van der Waals surface area contributed by atoms with E-state index in [9.17, 15) is 0 Å². The molecule has 0 aliphatic heterocycles. The monoisotopic (exact) mass is 747 g/mol. The highest BCUT2D eigenvalue weighted by Crippen LogP contribution is 2.39. The highest BCUT2D eigenvalue weighted by atomic mass is 16.3. The molecule has 0 unspecified atom stereocenters. The third-order valence-electron chi connectivity index (χ3n) is 10.9. The van der Waals surface area contributed by atoms with Crippen LogP contribution in [0.2, 0.25) is 0 Å². The molecule has 0 saturated heterocycles. The van der Waals surface area contributed by atoms with Gasteiger partial charge in [0.2, 0.25) is 0 Å². The van der Waals surface area contributed by atoms with Crippen molar-refractivity contribution in [2.24, 2.45) is 0 Å². The van der Waals surface area contributed by atoms with Gasteiger partial charge in [-0.1, -0.05) is 127 Å². The molecule has 274 valence electrons. The Balaban J connectivity index is 1.07. The second-order valence-corrected chi connectivity index (χ2v) is 14.5. The second-order valence-electron chi connectivity index (χ2n) is 14.5. The zero-order valence-electron chi connectivity index (χ0n) is 31.6. The number of rotatable bonds is 6. The Hall–Kier alpha value is -7.77. The number of aryl methyl sites for hydroxylation is 1. The van der Waals surface area contributed by atoms with E-state index in [2.05, 4.69) is 80.6 Å². The van der Waals surface area contributed by atoms with Crippen LogP contribution in [0.4, 0.5) is 0 Å². The van der Waals surface area contributed by atoms with Crippen molar-refractivity contribution in [1.82, 2.24) is 24.9 Å². The van der Waals surface area contributed by atoms with E-state index in [4.69, 9.17) is 33.8 Å². The first-order valence-corrected chi connectivity index (χ1v) is 19.2. The summed E-state index contributed by atoms with van der Waals surface area (Å²) in [5.41, 5.74) is 12.5. The molecule has 7 aromatic carbocycles. The summed E-state index contributed by atoms with van der Waals surface area (Å²) in [4.78, 5) is 25.5. The van der Waals surface area contributed by atoms with Crippen molar-refractivity contribution in [3.63, 3.8) is 0 Å². The van der Waals surface area contributed by atoms with Gasteiger partial charge in [-0.25, -0.2) is 24.9 Å². The first-order chi connectivity index (χ1) is 28.6. The van der Waals surface area contributed by atoms with Crippen molar-refractivity contribution in [3.05, 3.63) is 175 Å². The Morgan fingerprint density at radius 2 is 0.879 bits per heavy atom. The van der Waals surface area contributed by atoms with Gasteiger partial charge in [-0.3, -0.25) is 0 Å². The lowest BCUT2D eigenvalue weighted by molar-refractivity contribution is 0.668. The average Bonchev–Trinajstić information content (AvgIpc) is 3.85. The maximum atomic E-state index is 6.78. The summed E-state index contributed by atoms with van der Waals surface area (Å²) >= 11 is 0. The summed E-state index contributed by atoms with van der Waals surface area (Å²) in [5.74, 6) is 2.24. The number of hydrogen-bond donors (Lipinski definition) is 0. The Morgan fingerprint density at radius 1 is 0.345 bits per heavy atom. The molecule has 4 aromatic heterocycles. The van der Waals surface area contributed by atoms with Gasteiger partial charge in [0.05, 0.1) is 17.0 Å². The van der Waals surface area contributed by atoms with Crippen LogP contribution in [0.5, 0.6) is 0 Å². The third-order valence-corrected chi connectivity index (χ3v) is 10.9. The molecule has 0 bridgehead atoms. The molecule has 0 N–H and O–H groups in total. The van der Waals surface area contributed by atoms with Gasteiger partial charge in [-0.15, -0.1) is 0 Å². The van der Waals surface area contributed by atoms with Gasteiger partial charge in [-0.05, 0) is 55.8 Å². The molecule has 0 atom stereocenters. The number of para-hydroxylation sites is 2. The highest BCUT2D eigenvalue weighted by Gasteiger charge is 2.21. The Bertz CT molecular complexity index is 3370. The number of fused-ring (bicyclic) bond motifs is 6. The average molecular weight is 748 g/mol. The number of aromatic nitrogens is 5. The maximum Gasteiger partial charge on any atom is 0.167 e. The van der Waals surface area contributed by atoms with Crippen LogP contribution in [0.3, 0.4) is 0 Å². The molecule has 11 rings (SSSR count). The molecule has 4 heterocycles. The lowest BCUT2D eigenvalue weighted by atomic mass is 9.98. The third kappa shape index (κ3) is 5.63. The van der Waals surface area contributed by atoms with Crippen molar-refractivity contribution in [2.45, 2.75) is 13.8 Å². The molecule has 11 aromatic rings. The summed E-state index contributed by atoms with van der Waals surface area (Å²) in [7, 11) is 0. The van der Waals surface area contributed by atoms with Crippen LogP contribution in [0.25, 0.3) is 112 Å². The van der Waals surface area contributed by atoms with Crippen LogP contribution in [0.1, 0.15) is 11.1 Å². The summed E-state index contributed by atoms with van der Waals surface area (Å²) in [6.07, 6.45) is 0. The number of furan rings is 2. The quantitative estimate of drug-likeness (QED) is 0.167. The van der Waals surface area contributed by atoms with E-state index in [0.29, 0.717) is 28.9 Å². The largest absolute Gasteiger partial charge is 0.456 e. The van der Waals surface area contributed by atoms with E-state index < -0.39 is 0 Å². The molecule has 0 aliphatic rings. The number of benzene rings is 7. The minimum atomic E-state index is 0.510. The van der Waals surface area contributed by atoms with Crippen LogP contribution in [0.15, 0.2) is 173 Å². The molecular formula is C51H33N5O2. The lowest BCUT2D eigenvalue weighted by Crippen LogP contribution is -2.01. The Kier molecular flexibility index (Phi) is 7.79. The minimum Gasteiger partial charge on any atom is -0.456 e. The van der Waals surface area contributed by atoms with E-state index in [1.54, 1.807) is 0 Å². The standard InChI is InChI=1S/C51H33N5O2/c1-30-14-9-10-19-36(30)46-31(2)45(32-15-5-3-6-16-32)52-49(53-46)34-25-27-39-40-21-13-22-41(47(40)58-44(39)29-34)51-55-48(33-17-7-4-8-18-33)54-50(56-51)35-24-26-38-37-20-11-12-23-42(37)57-43(38)28-35/h3-29H,1-2H3. The number of nitrogens with zero attached hydrogens (tertiary/aromatic N) is 5. The van der Waals surface area contributed by atoms with Gasteiger partial charge in [0, 0.05) is 54.9 Å². The van der Waals surface area contributed by atoms with Gasteiger partial charge in [0.25, 0.3) is 0 Å². The molecule has 0 aliphatic carbocycles. The fourth-order valence-electron chi connectivity index (χ4n) is 7.94. The summed E-state index contributed by atoms with van der Waals surface area (Å²) in [6, 6.07) is 55.1. The summed E-state index contributed by atoms with van der Waals surface area (Å²) < 4.78 is 13.0. The topological polar surface area (TPSA) is 90.7 Å². The van der Waals surface area contributed by atoms with Crippen LogP contribution < -0.4 is 0 Å². The molecule has 0 amide bonds. The summed E-state index contributed by atoms with van der Waals surface area (Å²) in [5, 5.41) is 4.05. The fourth-order valence-corrected chi connectivity index (χ4v) is 7.94. The van der Waals surface area contributed by atoms with E-state index in [1.165, 1.54) is 0 Å². The molecule has 7 heteroatoms. The molecule has 0 fully saturated rings. The van der Waals surface area contributed by atoms with Gasteiger partial charge in [-0.2, -0.15) is 0 Å².